The second-order valence-electron chi connectivity index (χ2n) is 9.70. The van der Waals surface area contributed by atoms with Gasteiger partial charge in [0.2, 0.25) is 0 Å². The monoisotopic (exact) mass is 404 g/mol. The van der Waals surface area contributed by atoms with Crippen molar-refractivity contribution in [2.75, 3.05) is 0 Å². The fraction of sp³-hybridized carbons (Fsp3) is 0.600. The molecule has 0 nitrogen and oxygen atoms in total. The van der Waals surface area contributed by atoms with E-state index in [9.17, 15) is 0 Å². The molecule has 0 heteroatoms. The molecule has 2 aromatic rings. The lowest BCUT2D eigenvalue weighted by molar-refractivity contribution is 0.302. The highest BCUT2D eigenvalue weighted by Crippen LogP contribution is 2.38. The third kappa shape index (κ3) is 7.29. The maximum Gasteiger partial charge on any atom is -0.0162 e. The van der Waals surface area contributed by atoms with Crippen LogP contribution in [0.2, 0.25) is 0 Å². The first-order valence-corrected chi connectivity index (χ1v) is 13.0. The number of unbranched alkanes of at least 4 members (excludes halogenated alkanes) is 6. The van der Waals surface area contributed by atoms with Crippen LogP contribution in [0.15, 0.2) is 48.5 Å². The minimum Gasteiger partial charge on any atom is -0.0654 e. The van der Waals surface area contributed by atoms with E-state index in [1.807, 2.05) is 0 Å². The molecule has 0 amide bonds. The van der Waals surface area contributed by atoms with Crippen LogP contribution in [0, 0.1) is 5.92 Å². The summed E-state index contributed by atoms with van der Waals surface area (Å²) in [5.74, 6) is 1.79. The molecule has 0 bridgehead atoms. The van der Waals surface area contributed by atoms with E-state index in [4.69, 9.17) is 0 Å². The normalized spacial score (nSPS) is 19.1. The molecular weight excluding hydrogens is 360 g/mol. The molecule has 1 saturated carbocycles. The predicted molar refractivity (Wildman–Crippen MR) is 133 cm³/mol. The van der Waals surface area contributed by atoms with Gasteiger partial charge in [0, 0.05) is 0 Å². The highest BCUT2D eigenvalue weighted by Gasteiger charge is 2.22. The maximum atomic E-state index is 2.40. The van der Waals surface area contributed by atoms with Crippen molar-refractivity contribution in [3.05, 3.63) is 59.7 Å². The molecule has 0 spiro atoms. The van der Waals surface area contributed by atoms with Gasteiger partial charge in [0.15, 0.2) is 0 Å². The van der Waals surface area contributed by atoms with E-state index in [1.54, 1.807) is 5.56 Å². The van der Waals surface area contributed by atoms with E-state index < -0.39 is 0 Å². The SMILES string of the molecule is CCCCCCCC1CCC(c2ccc(-c3ccc(CCCCC)cc3)cc2)CC1. The summed E-state index contributed by atoms with van der Waals surface area (Å²) >= 11 is 0. The molecule has 30 heavy (non-hydrogen) atoms. The van der Waals surface area contributed by atoms with Crippen LogP contribution in [0.25, 0.3) is 11.1 Å². The molecule has 0 N–H and O–H groups in total. The topological polar surface area (TPSA) is 0 Å². The van der Waals surface area contributed by atoms with Crippen molar-refractivity contribution < 1.29 is 0 Å². The number of aryl methyl sites for hydroxylation is 1. The van der Waals surface area contributed by atoms with Gasteiger partial charge in [0.1, 0.15) is 0 Å². The third-order valence-electron chi connectivity index (χ3n) is 7.30. The van der Waals surface area contributed by atoms with Crippen molar-refractivity contribution in [1.29, 1.82) is 0 Å². The first-order chi connectivity index (χ1) is 14.8. The Balaban J connectivity index is 1.44. The Labute approximate surface area is 186 Å². The van der Waals surface area contributed by atoms with Gasteiger partial charge in [0.05, 0.1) is 0 Å². The molecule has 1 fully saturated rings. The summed E-state index contributed by atoms with van der Waals surface area (Å²) in [6.45, 7) is 4.58. The Bertz CT molecular complexity index is 686. The molecule has 1 aliphatic carbocycles. The fourth-order valence-corrected chi connectivity index (χ4v) is 5.21. The molecule has 0 radical (unpaired) electrons. The molecule has 0 unspecified atom stereocenters. The van der Waals surface area contributed by atoms with Crippen LogP contribution in [0.3, 0.4) is 0 Å². The molecule has 164 valence electrons. The summed E-state index contributed by atoms with van der Waals surface area (Å²) in [7, 11) is 0. The molecule has 0 heterocycles. The summed E-state index contributed by atoms with van der Waals surface area (Å²) in [6.07, 6.45) is 19.5. The first-order valence-electron chi connectivity index (χ1n) is 13.0. The Morgan fingerprint density at radius 1 is 0.600 bits per heavy atom. The van der Waals surface area contributed by atoms with Gasteiger partial charge in [0.25, 0.3) is 0 Å². The van der Waals surface area contributed by atoms with Crippen molar-refractivity contribution in [2.24, 2.45) is 5.92 Å². The summed E-state index contributed by atoms with van der Waals surface area (Å²) < 4.78 is 0. The van der Waals surface area contributed by atoms with Crippen LogP contribution in [0.5, 0.6) is 0 Å². The minimum atomic E-state index is 0.788. The molecule has 2 aromatic carbocycles. The Morgan fingerprint density at radius 3 is 1.80 bits per heavy atom. The van der Waals surface area contributed by atoms with Crippen LogP contribution in [-0.2, 0) is 6.42 Å². The van der Waals surface area contributed by atoms with Crippen LogP contribution in [0.4, 0.5) is 0 Å². The molecule has 0 saturated heterocycles. The third-order valence-corrected chi connectivity index (χ3v) is 7.30. The molecule has 0 atom stereocenters. The lowest BCUT2D eigenvalue weighted by atomic mass is 9.77. The zero-order chi connectivity index (χ0) is 21.0. The standard InChI is InChI=1S/C30H44/c1-3-5-7-8-10-12-26-15-19-28(20-16-26)30-23-21-29(22-24-30)27-17-13-25(14-18-27)11-9-6-4-2/h13-14,17-18,21-24,26,28H,3-12,15-16,19-20H2,1-2H3. The number of rotatable bonds is 12. The van der Waals surface area contributed by atoms with Crippen LogP contribution >= 0.6 is 0 Å². The predicted octanol–water partition coefficient (Wildman–Crippen LogP) is 9.72. The van der Waals surface area contributed by atoms with Gasteiger partial charge in [-0.05, 0) is 72.6 Å². The van der Waals surface area contributed by atoms with E-state index in [2.05, 4.69) is 62.4 Å². The molecule has 0 aliphatic heterocycles. The van der Waals surface area contributed by atoms with E-state index >= 15 is 0 Å². The summed E-state index contributed by atoms with van der Waals surface area (Å²) in [5, 5.41) is 0. The van der Waals surface area contributed by atoms with Crippen molar-refractivity contribution >= 4 is 0 Å². The highest BCUT2D eigenvalue weighted by atomic mass is 14.3. The van der Waals surface area contributed by atoms with Gasteiger partial charge >= 0.3 is 0 Å². The second kappa shape index (κ2) is 13.0. The molecular formula is C30H44. The first kappa shape index (κ1) is 23.1. The van der Waals surface area contributed by atoms with Crippen molar-refractivity contribution in [3.8, 4) is 11.1 Å². The van der Waals surface area contributed by atoms with Gasteiger partial charge < -0.3 is 0 Å². The van der Waals surface area contributed by atoms with Crippen LogP contribution in [0.1, 0.15) is 114 Å². The maximum absolute atomic E-state index is 2.40. The smallest absolute Gasteiger partial charge is 0.0162 e. The average molecular weight is 405 g/mol. The number of hydrogen-bond acceptors (Lipinski definition) is 0. The van der Waals surface area contributed by atoms with Crippen LogP contribution < -0.4 is 0 Å². The molecule has 3 rings (SSSR count). The Kier molecular flexibility index (Phi) is 10.0. The second-order valence-corrected chi connectivity index (χ2v) is 9.70. The largest absolute Gasteiger partial charge is 0.0654 e. The minimum absolute atomic E-state index is 0.788. The van der Waals surface area contributed by atoms with Gasteiger partial charge in [-0.25, -0.2) is 0 Å². The van der Waals surface area contributed by atoms with Crippen LogP contribution in [-0.4, -0.2) is 0 Å². The van der Waals surface area contributed by atoms with E-state index in [1.165, 1.54) is 107 Å². The molecule has 1 aliphatic rings. The number of hydrogen-bond donors (Lipinski definition) is 0. The fourth-order valence-electron chi connectivity index (χ4n) is 5.21. The summed E-state index contributed by atoms with van der Waals surface area (Å²) in [5.41, 5.74) is 5.76. The summed E-state index contributed by atoms with van der Waals surface area (Å²) in [6, 6.07) is 18.8. The average Bonchev–Trinajstić information content (AvgIpc) is 2.80. The highest BCUT2D eigenvalue weighted by molar-refractivity contribution is 5.64. The zero-order valence-corrected chi connectivity index (χ0v) is 19.7. The Hall–Kier alpha value is -1.56. The van der Waals surface area contributed by atoms with E-state index in [0.29, 0.717) is 0 Å². The lowest BCUT2D eigenvalue weighted by Gasteiger charge is -2.29. The van der Waals surface area contributed by atoms with Crippen molar-refractivity contribution in [1.82, 2.24) is 0 Å². The van der Waals surface area contributed by atoms with Gasteiger partial charge in [-0.1, -0.05) is 114 Å². The molecule has 0 aromatic heterocycles. The lowest BCUT2D eigenvalue weighted by Crippen LogP contribution is -2.13. The van der Waals surface area contributed by atoms with E-state index in [0.717, 1.165) is 11.8 Å². The zero-order valence-electron chi connectivity index (χ0n) is 19.7. The van der Waals surface area contributed by atoms with Gasteiger partial charge in [-0.3, -0.25) is 0 Å². The Morgan fingerprint density at radius 2 is 1.17 bits per heavy atom. The van der Waals surface area contributed by atoms with Gasteiger partial charge in [-0.2, -0.15) is 0 Å². The number of benzene rings is 2. The quantitative estimate of drug-likeness (QED) is 0.309. The van der Waals surface area contributed by atoms with Gasteiger partial charge in [-0.15, -0.1) is 0 Å². The van der Waals surface area contributed by atoms with E-state index in [-0.39, 0.29) is 0 Å². The van der Waals surface area contributed by atoms with Crippen molar-refractivity contribution in [3.63, 3.8) is 0 Å². The van der Waals surface area contributed by atoms with Crippen molar-refractivity contribution in [2.45, 2.75) is 110 Å². The summed E-state index contributed by atoms with van der Waals surface area (Å²) in [4.78, 5) is 0.